The average molecular weight is 393 g/mol. The minimum absolute atomic E-state index is 0.810. The molecule has 1 aliphatic rings. The van der Waals surface area contributed by atoms with Crippen LogP contribution in [0.15, 0.2) is 34.8 Å². The second-order valence-electron chi connectivity index (χ2n) is 6.05. The van der Waals surface area contributed by atoms with Crippen LogP contribution in [0, 0.1) is 0 Å². The Hall–Kier alpha value is -1.72. The predicted molar refractivity (Wildman–Crippen MR) is 97.2 cm³/mol. The smallest absolute Gasteiger partial charge is 0.161 e. The standard InChI is InChI=1S/C19H22BrNO3/c1-22-17-5-4-13(8-16(17)20)11-21-7-6-14-9-18(23-2)19(24-3)10-15(14)12-21/h4-5,8-10H,6-7,11-12H2,1-3H3/p+1. The zero-order valence-electron chi connectivity index (χ0n) is 14.3. The number of rotatable bonds is 5. The maximum absolute atomic E-state index is 5.44. The number of benzene rings is 2. The number of fused-ring (bicyclic) bond motifs is 1. The summed E-state index contributed by atoms with van der Waals surface area (Å²) in [7, 11) is 5.06. The van der Waals surface area contributed by atoms with Crippen molar-refractivity contribution in [2.24, 2.45) is 0 Å². The normalized spacial score (nSPS) is 16.4. The summed E-state index contributed by atoms with van der Waals surface area (Å²) in [5.41, 5.74) is 4.02. The van der Waals surface area contributed by atoms with Crippen molar-refractivity contribution in [1.82, 2.24) is 0 Å². The minimum atomic E-state index is 0.810. The molecule has 24 heavy (non-hydrogen) atoms. The Bertz CT molecular complexity index is 733. The third kappa shape index (κ3) is 3.52. The Balaban J connectivity index is 1.76. The van der Waals surface area contributed by atoms with Gasteiger partial charge in [0.05, 0.1) is 32.3 Å². The van der Waals surface area contributed by atoms with E-state index in [2.05, 4.69) is 40.2 Å². The third-order valence-corrected chi connectivity index (χ3v) is 5.18. The van der Waals surface area contributed by atoms with E-state index in [1.807, 2.05) is 6.07 Å². The SMILES string of the molecule is COc1ccc(C[NH+]2CCc3cc(OC)c(OC)cc3C2)cc1Br. The van der Waals surface area contributed by atoms with Crippen molar-refractivity contribution in [3.8, 4) is 17.2 Å². The van der Waals surface area contributed by atoms with E-state index in [1.54, 1.807) is 26.2 Å². The number of quaternary nitrogens is 1. The van der Waals surface area contributed by atoms with Crippen LogP contribution in [0.4, 0.5) is 0 Å². The first kappa shape index (κ1) is 17.1. The second-order valence-corrected chi connectivity index (χ2v) is 6.90. The molecule has 0 bridgehead atoms. The van der Waals surface area contributed by atoms with Gasteiger partial charge >= 0.3 is 0 Å². The van der Waals surface area contributed by atoms with Crippen molar-refractivity contribution < 1.29 is 19.1 Å². The zero-order valence-corrected chi connectivity index (χ0v) is 15.9. The summed E-state index contributed by atoms with van der Waals surface area (Å²) in [5.74, 6) is 2.50. The van der Waals surface area contributed by atoms with Gasteiger partial charge in [0, 0.05) is 17.5 Å². The number of methoxy groups -OCH3 is 3. The molecule has 3 rings (SSSR count). The number of halogens is 1. The van der Waals surface area contributed by atoms with Gasteiger partial charge in [0.25, 0.3) is 0 Å². The van der Waals surface area contributed by atoms with Gasteiger partial charge in [0.1, 0.15) is 18.8 Å². The van der Waals surface area contributed by atoms with Gasteiger partial charge in [0.15, 0.2) is 11.5 Å². The highest BCUT2D eigenvalue weighted by Crippen LogP contribution is 2.31. The van der Waals surface area contributed by atoms with Crippen LogP contribution in [0.3, 0.4) is 0 Å². The van der Waals surface area contributed by atoms with E-state index in [4.69, 9.17) is 14.2 Å². The van der Waals surface area contributed by atoms with Gasteiger partial charge < -0.3 is 19.1 Å². The van der Waals surface area contributed by atoms with Crippen molar-refractivity contribution in [3.05, 3.63) is 51.5 Å². The molecule has 0 amide bonds. The highest BCUT2D eigenvalue weighted by atomic mass is 79.9. The van der Waals surface area contributed by atoms with Crippen LogP contribution in [-0.2, 0) is 19.5 Å². The summed E-state index contributed by atoms with van der Waals surface area (Å²) in [4.78, 5) is 1.55. The lowest BCUT2D eigenvalue weighted by molar-refractivity contribution is -0.929. The zero-order chi connectivity index (χ0) is 17.1. The Kier molecular flexibility index (Phi) is 5.31. The molecule has 0 fully saturated rings. The summed E-state index contributed by atoms with van der Waals surface area (Å²) in [6.45, 7) is 3.11. The number of ether oxygens (including phenoxy) is 3. The van der Waals surface area contributed by atoms with Crippen molar-refractivity contribution in [1.29, 1.82) is 0 Å². The number of hydrogen-bond donors (Lipinski definition) is 1. The van der Waals surface area contributed by atoms with Crippen molar-refractivity contribution in [3.63, 3.8) is 0 Å². The lowest BCUT2D eigenvalue weighted by Gasteiger charge is -2.27. The van der Waals surface area contributed by atoms with Crippen LogP contribution < -0.4 is 19.1 Å². The molecule has 0 aliphatic carbocycles. The van der Waals surface area contributed by atoms with Crippen LogP contribution in [0.2, 0.25) is 0 Å². The van der Waals surface area contributed by atoms with Crippen LogP contribution in [0.5, 0.6) is 17.2 Å². The summed E-state index contributed by atoms with van der Waals surface area (Å²) in [5, 5.41) is 0. The summed E-state index contributed by atoms with van der Waals surface area (Å²) in [6, 6.07) is 10.5. The minimum Gasteiger partial charge on any atom is -0.496 e. The van der Waals surface area contributed by atoms with Gasteiger partial charge in [-0.1, -0.05) is 0 Å². The quantitative estimate of drug-likeness (QED) is 0.848. The van der Waals surface area contributed by atoms with E-state index in [-0.39, 0.29) is 0 Å². The molecule has 0 spiro atoms. The van der Waals surface area contributed by atoms with Gasteiger partial charge in [-0.3, -0.25) is 0 Å². The van der Waals surface area contributed by atoms with Crippen LogP contribution in [0.25, 0.3) is 0 Å². The van der Waals surface area contributed by atoms with Gasteiger partial charge in [-0.15, -0.1) is 0 Å². The topological polar surface area (TPSA) is 32.1 Å². The summed E-state index contributed by atoms with van der Waals surface area (Å²) < 4.78 is 17.2. The van der Waals surface area contributed by atoms with Gasteiger partial charge in [0.2, 0.25) is 0 Å². The van der Waals surface area contributed by atoms with E-state index >= 15 is 0 Å². The Labute approximate surface area is 151 Å². The second kappa shape index (κ2) is 7.45. The Morgan fingerprint density at radius 2 is 1.58 bits per heavy atom. The molecule has 0 saturated carbocycles. The molecule has 4 nitrogen and oxygen atoms in total. The molecule has 5 heteroatoms. The number of nitrogens with one attached hydrogen (secondary N) is 1. The molecule has 2 aromatic carbocycles. The molecule has 1 heterocycles. The van der Waals surface area contributed by atoms with E-state index in [9.17, 15) is 0 Å². The molecule has 2 aromatic rings. The van der Waals surface area contributed by atoms with E-state index in [0.717, 1.165) is 47.8 Å². The molecule has 1 N–H and O–H groups in total. The lowest BCUT2D eigenvalue weighted by Crippen LogP contribution is -3.10. The lowest BCUT2D eigenvalue weighted by atomic mass is 9.98. The van der Waals surface area contributed by atoms with Crippen LogP contribution in [-0.4, -0.2) is 27.9 Å². The predicted octanol–water partition coefficient (Wildman–Crippen LogP) is 2.62. The maximum atomic E-state index is 5.44. The fourth-order valence-electron chi connectivity index (χ4n) is 3.29. The molecule has 0 radical (unpaired) electrons. The molecular weight excluding hydrogens is 370 g/mol. The first-order chi connectivity index (χ1) is 11.6. The molecule has 1 atom stereocenters. The fourth-order valence-corrected chi connectivity index (χ4v) is 3.88. The maximum Gasteiger partial charge on any atom is 0.161 e. The van der Waals surface area contributed by atoms with Crippen LogP contribution >= 0.6 is 15.9 Å². The molecule has 128 valence electrons. The first-order valence-corrected chi connectivity index (χ1v) is 8.83. The number of hydrogen-bond acceptors (Lipinski definition) is 3. The van der Waals surface area contributed by atoms with E-state index in [0.29, 0.717) is 0 Å². The Morgan fingerprint density at radius 3 is 2.21 bits per heavy atom. The monoisotopic (exact) mass is 392 g/mol. The van der Waals surface area contributed by atoms with Crippen molar-refractivity contribution >= 4 is 15.9 Å². The highest BCUT2D eigenvalue weighted by molar-refractivity contribution is 9.10. The van der Waals surface area contributed by atoms with Gasteiger partial charge in [-0.2, -0.15) is 0 Å². The molecule has 0 aromatic heterocycles. The third-order valence-electron chi connectivity index (χ3n) is 4.56. The average Bonchev–Trinajstić information content (AvgIpc) is 2.60. The summed E-state index contributed by atoms with van der Waals surface area (Å²) in [6.07, 6.45) is 1.06. The van der Waals surface area contributed by atoms with Crippen molar-refractivity contribution in [2.75, 3.05) is 27.9 Å². The first-order valence-electron chi connectivity index (χ1n) is 8.04. The molecule has 0 saturated heterocycles. The largest absolute Gasteiger partial charge is 0.496 e. The molecular formula is C19H23BrNO3+. The highest BCUT2D eigenvalue weighted by Gasteiger charge is 2.22. The van der Waals surface area contributed by atoms with Crippen LogP contribution in [0.1, 0.15) is 16.7 Å². The Morgan fingerprint density at radius 1 is 0.917 bits per heavy atom. The van der Waals surface area contributed by atoms with E-state index in [1.165, 1.54) is 16.7 Å². The van der Waals surface area contributed by atoms with E-state index < -0.39 is 0 Å². The molecule has 1 aliphatic heterocycles. The summed E-state index contributed by atoms with van der Waals surface area (Å²) >= 11 is 3.57. The van der Waals surface area contributed by atoms with Gasteiger partial charge in [-0.05, 0) is 51.8 Å². The fraction of sp³-hybridized carbons (Fsp3) is 0.368. The van der Waals surface area contributed by atoms with Gasteiger partial charge in [-0.25, -0.2) is 0 Å². The molecule has 1 unspecified atom stereocenters. The van der Waals surface area contributed by atoms with Crippen molar-refractivity contribution in [2.45, 2.75) is 19.5 Å².